The Balaban J connectivity index is 2.04. The lowest BCUT2D eigenvalue weighted by atomic mass is 10.2. The van der Waals surface area contributed by atoms with Gasteiger partial charge in [0.1, 0.15) is 0 Å². The van der Waals surface area contributed by atoms with Crippen LogP contribution in [-0.4, -0.2) is 22.4 Å². The Morgan fingerprint density at radius 1 is 1.47 bits per heavy atom. The number of carbonyl (C=O) groups is 1. The molecule has 0 saturated heterocycles. The molecule has 88 valence electrons. The van der Waals surface area contributed by atoms with Gasteiger partial charge in [-0.05, 0) is 18.4 Å². The van der Waals surface area contributed by atoms with Crippen LogP contribution in [0.3, 0.4) is 0 Å². The van der Waals surface area contributed by atoms with E-state index in [1.54, 1.807) is 24.2 Å². The van der Waals surface area contributed by atoms with Gasteiger partial charge in [0.25, 0.3) is 5.91 Å². The minimum atomic E-state index is -0.0591. The highest BCUT2D eigenvalue weighted by molar-refractivity contribution is 7.98. The standard InChI is InChI=1S/C12H13N3OS/c1-17-11-5-3-2-4-10(11)12(16)13-6-9-7-14-15-8-9/h2-5,7-8H,6H2,1H3,(H,13,16)(H,14,15). The molecule has 0 bridgehead atoms. The maximum atomic E-state index is 12.0. The third-order valence-corrected chi connectivity index (χ3v) is 3.16. The molecular formula is C12H13N3OS. The number of amides is 1. The minimum absolute atomic E-state index is 0.0591. The number of nitrogens with one attached hydrogen (secondary N) is 2. The maximum Gasteiger partial charge on any atom is 0.252 e. The van der Waals surface area contributed by atoms with E-state index >= 15 is 0 Å². The highest BCUT2D eigenvalue weighted by atomic mass is 32.2. The van der Waals surface area contributed by atoms with Crippen LogP contribution in [-0.2, 0) is 6.54 Å². The van der Waals surface area contributed by atoms with Crippen molar-refractivity contribution in [1.29, 1.82) is 0 Å². The first kappa shape index (κ1) is 11.7. The highest BCUT2D eigenvalue weighted by Crippen LogP contribution is 2.19. The van der Waals surface area contributed by atoms with Gasteiger partial charge < -0.3 is 5.32 Å². The van der Waals surface area contributed by atoms with Crippen molar-refractivity contribution in [2.45, 2.75) is 11.4 Å². The molecule has 1 aromatic heterocycles. The van der Waals surface area contributed by atoms with Gasteiger partial charge >= 0.3 is 0 Å². The monoisotopic (exact) mass is 247 g/mol. The lowest BCUT2D eigenvalue weighted by Crippen LogP contribution is -2.23. The van der Waals surface area contributed by atoms with Gasteiger partial charge in [-0.3, -0.25) is 9.89 Å². The van der Waals surface area contributed by atoms with Gasteiger partial charge in [0.15, 0.2) is 0 Å². The van der Waals surface area contributed by atoms with Crippen molar-refractivity contribution in [3.8, 4) is 0 Å². The van der Waals surface area contributed by atoms with Gasteiger partial charge in [0, 0.05) is 23.2 Å². The third kappa shape index (κ3) is 2.88. The number of hydrogen-bond acceptors (Lipinski definition) is 3. The summed E-state index contributed by atoms with van der Waals surface area (Å²) in [6.07, 6.45) is 5.42. The molecule has 1 aromatic carbocycles. The smallest absolute Gasteiger partial charge is 0.252 e. The molecule has 1 amide bonds. The zero-order valence-electron chi connectivity index (χ0n) is 9.43. The molecule has 0 saturated carbocycles. The SMILES string of the molecule is CSc1ccccc1C(=O)NCc1cn[nH]c1. The van der Waals surface area contributed by atoms with Crippen molar-refractivity contribution in [2.24, 2.45) is 0 Å². The molecule has 2 aromatic rings. The molecule has 17 heavy (non-hydrogen) atoms. The van der Waals surface area contributed by atoms with Crippen molar-refractivity contribution in [1.82, 2.24) is 15.5 Å². The second-order valence-electron chi connectivity index (χ2n) is 3.49. The van der Waals surface area contributed by atoms with Crippen LogP contribution in [0.4, 0.5) is 0 Å². The van der Waals surface area contributed by atoms with Gasteiger partial charge in [-0.1, -0.05) is 12.1 Å². The van der Waals surface area contributed by atoms with Crippen LogP contribution in [0.1, 0.15) is 15.9 Å². The molecule has 0 aliphatic rings. The molecule has 5 heteroatoms. The van der Waals surface area contributed by atoms with Crippen molar-refractivity contribution < 1.29 is 4.79 Å². The zero-order valence-corrected chi connectivity index (χ0v) is 10.3. The van der Waals surface area contributed by atoms with E-state index in [4.69, 9.17) is 0 Å². The van der Waals surface area contributed by atoms with E-state index < -0.39 is 0 Å². The molecule has 0 aliphatic heterocycles. The van der Waals surface area contributed by atoms with Gasteiger partial charge in [0.05, 0.1) is 11.8 Å². The Morgan fingerprint density at radius 3 is 3.00 bits per heavy atom. The second kappa shape index (κ2) is 5.54. The summed E-state index contributed by atoms with van der Waals surface area (Å²) in [6, 6.07) is 7.57. The van der Waals surface area contributed by atoms with E-state index in [1.165, 1.54) is 0 Å². The summed E-state index contributed by atoms with van der Waals surface area (Å²) in [5.41, 5.74) is 1.67. The summed E-state index contributed by atoms with van der Waals surface area (Å²) in [6.45, 7) is 0.484. The van der Waals surface area contributed by atoms with Crippen LogP contribution < -0.4 is 5.32 Å². The van der Waals surface area contributed by atoms with E-state index in [2.05, 4.69) is 15.5 Å². The number of aromatic amines is 1. The van der Waals surface area contributed by atoms with Crippen LogP contribution in [0.15, 0.2) is 41.6 Å². The molecule has 0 fully saturated rings. The third-order valence-electron chi connectivity index (χ3n) is 2.36. The maximum absolute atomic E-state index is 12.0. The number of hydrogen-bond donors (Lipinski definition) is 2. The van der Waals surface area contributed by atoms with Gasteiger partial charge in [-0.15, -0.1) is 11.8 Å². The fourth-order valence-corrected chi connectivity index (χ4v) is 2.08. The lowest BCUT2D eigenvalue weighted by molar-refractivity contribution is 0.0948. The summed E-state index contributed by atoms with van der Waals surface area (Å²) in [5, 5.41) is 9.40. The Bertz CT molecular complexity index is 496. The lowest BCUT2D eigenvalue weighted by Gasteiger charge is -2.07. The van der Waals surface area contributed by atoms with E-state index in [1.807, 2.05) is 30.5 Å². The first-order valence-electron chi connectivity index (χ1n) is 5.20. The number of nitrogens with zero attached hydrogens (tertiary/aromatic N) is 1. The first-order chi connectivity index (χ1) is 8.31. The predicted octanol–water partition coefficient (Wildman–Crippen LogP) is 2.06. The average Bonchev–Trinajstić information content (AvgIpc) is 2.89. The summed E-state index contributed by atoms with van der Waals surface area (Å²) >= 11 is 1.57. The van der Waals surface area contributed by atoms with Crippen LogP contribution in [0.5, 0.6) is 0 Å². The molecular weight excluding hydrogens is 234 g/mol. The number of carbonyl (C=O) groups excluding carboxylic acids is 1. The van der Waals surface area contributed by atoms with Gasteiger partial charge in [-0.25, -0.2) is 0 Å². The Hall–Kier alpha value is -1.75. The number of aromatic nitrogens is 2. The van der Waals surface area contributed by atoms with E-state index in [0.29, 0.717) is 12.1 Å². The highest BCUT2D eigenvalue weighted by Gasteiger charge is 2.09. The van der Waals surface area contributed by atoms with E-state index in [9.17, 15) is 4.79 Å². The fourth-order valence-electron chi connectivity index (χ4n) is 1.48. The predicted molar refractivity (Wildman–Crippen MR) is 68.0 cm³/mol. The minimum Gasteiger partial charge on any atom is -0.348 e. The van der Waals surface area contributed by atoms with E-state index in [-0.39, 0.29) is 5.91 Å². The molecule has 0 radical (unpaired) electrons. The average molecular weight is 247 g/mol. The molecule has 0 unspecified atom stereocenters. The number of thioether (sulfide) groups is 1. The number of benzene rings is 1. The molecule has 2 rings (SSSR count). The molecule has 4 nitrogen and oxygen atoms in total. The van der Waals surface area contributed by atoms with Crippen LogP contribution in [0.25, 0.3) is 0 Å². The Kier molecular flexibility index (Phi) is 3.82. The first-order valence-corrected chi connectivity index (χ1v) is 6.42. The summed E-state index contributed by atoms with van der Waals surface area (Å²) in [5.74, 6) is -0.0591. The fraction of sp³-hybridized carbons (Fsp3) is 0.167. The zero-order chi connectivity index (χ0) is 12.1. The second-order valence-corrected chi connectivity index (χ2v) is 4.34. The summed E-state index contributed by atoms with van der Waals surface area (Å²) in [7, 11) is 0. The van der Waals surface area contributed by atoms with Crippen LogP contribution >= 0.6 is 11.8 Å². The normalized spacial score (nSPS) is 10.2. The Labute approximate surface area is 104 Å². The van der Waals surface area contributed by atoms with Gasteiger partial charge in [0.2, 0.25) is 0 Å². The molecule has 0 atom stereocenters. The molecule has 0 aliphatic carbocycles. The van der Waals surface area contributed by atoms with Crippen molar-refractivity contribution in [2.75, 3.05) is 6.26 Å². The van der Waals surface area contributed by atoms with E-state index in [0.717, 1.165) is 10.5 Å². The summed E-state index contributed by atoms with van der Waals surface area (Å²) in [4.78, 5) is 12.9. The Morgan fingerprint density at radius 2 is 2.29 bits per heavy atom. The van der Waals surface area contributed by atoms with Crippen LogP contribution in [0.2, 0.25) is 0 Å². The topological polar surface area (TPSA) is 57.8 Å². The number of H-pyrrole nitrogens is 1. The van der Waals surface area contributed by atoms with Crippen molar-refractivity contribution >= 4 is 17.7 Å². The van der Waals surface area contributed by atoms with Crippen molar-refractivity contribution in [3.63, 3.8) is 0 Å². The molecule has 1 heterocycles. The quantitative estimate of drug-likeness (QED) is 0.813. The van der Waals surface area contributed by atoms with Crippen LogP contribution in [0, 0.1) is 0 Å². The molecule has 0 spiro atoms. The summed E-state index contributed by atoms with van der Waals surface area (Å²) < 4.78 is 0. The molecule has 2 N–H and O–H groups in total. The number of rotatable bonds is 4. The van der Waals surface area contributed by atoms with Crippen molar-refractivity contribution in [3.05, 3.63) is 47.8 Å². The van der Waals surface area contributed by atoms with Gasteiger partial charge in [-0.2, -0.15) is 5.10 Å². The largest absolute Gasteiger partial charge is 0.348 e.